The highest BCUT2D eigenvalue weighted by molar-refractivity contribution is 6.31. The van der Waals surface area contributed by atoms with Gasteiger partial charge < -0.3 is 8.98 Å². The van der Waals surface area contributed by atoms with Crippen molar-refractivity contribution in [3.05, 3.63) is 58.1 Å². The van der Waals surface area contributed by atoms with E-state index < -0.39 is 0 Å². The zero-order valence-electron chi connectivity index (χ0n) is 11.5. The summed E-state index contributed by atoms with van der Waals surface area (Å²) in [6, 6.07) is 8.94. The molecule has 3 rings (SSSR count). The van der Waals surface area contributed by atoms with Crippen molar-refractivity contribution in [2.75, 3.05) is 0 Å². The largest absolute Gasteiger partial charge is 0.453 e. The summed E-state index contributed by atoms with van der Waals surface area (Å²) in [6.07, 6.45) is 0. The third-order valence-corrected chi connectivity index (χ3v) is 3.96. The van der Waals surface area contributed by atoms with E-state index >= 15 is 0 Å². The zero-order chi connectivity index (χ0) is 14.4. The van der Waals surface area contributed by atoms with Crippen LogP contribution in [0.2, 0.25) is 5.02 Å². The van der Waals surface area contributed by atoms with E-state index in [1.807, 2.05) is 31.5 Å². The number of aromatic nitrogens is 1. The smallest absolute Gasteiger partial charge is 0.230 e. The zero-order valence-corrected chi connectivity index (χ0v) is 12.3. The molecule has 0 aliphatic rings. The van der Waals surface area contributed by atoms with Gasteiger partial charge in [-0.2, -0.15) is 0 Å². The van der Waals surface area contributed by atoms with Gasteiger partial charge >= 0.3 is 0 Å². The highest BCUT2D eigenvalue weighted by Gasteiger charge is 2.19. The van der Waals surface area contributed by atoms with Crippen LogP contribution in [0.5, 0.6) is 0 Å². The monoisotopic (exact) mass is 287 g/mol. The summed E-state index contributed by atoms with van der Waals surface area (Å²) in [6.45, 7) is 3.90. The first-order valence-electron chi connectivity index (χ1n) is 6.34. The SMILES string of the molecule is Cc1cc(C(=O)c2cc3cc(Cl)ccc3o2)c(C)n1C. The number of benzene rings is 1. The number of hydrogen-bond acceptors (Lipinski definition) is 2. The van der Waals surface area contributed by atoms with E-state index in [1.54, 1.807) is 24.3 Å². The molecular weight excluding hydrogens is 274 g/mol. The van der Waals surface area contributed by atoms with E-state index in [1.165, 1.54) is 0 Å². The fourth-order valence-electron chi connectivity index (χ4n) is 2.34. The molecule has 20 heavy (non-hydrogen) atoms. The number of rotatable bonds is 2. The molecular formula is C16H14ClNO2. The normalized spacial score (nSPS) is 11.2. The molecule has 0 amide bonds. The van der Waals surface area contributed by atoms with Crippen LogP contribution in [0.1, 0.15) is 27.5 Å². The first-order valence-corrected chi connectivity index (χ1v) is 6.72. The summed E-state index contributed by atoms with van der Waals surface area (Å²) in [5.74, 6) is 0.245. The van der Waals surface area contributed by atoms with Gasteiger partial charge in [0, 0.05) is 34.4 Å². The van der Waals surface area contributed by atoms with Crippen LogP contribution >= 0.6 is 11.6 Å². The Balaban J connectivity index is 2.10. The molecule has 0 spiro atoms. The van der Waals surface area contributed by atoms with E-state index in [0.717, 1.165) is 16.8 Å². The van der Waals surface area contributed by atoms with Crippen LogP contribution in [0, 0.1) is 13.8 Å². The second kappa shape index (κ2) is 4.53. The summed E-state index contributed by atoms with van der Waals surface area (Å²) in [5.41, 5.74) is 3.33. The van der Waals surface area contributed by atoms with Crippen molar-refractivity contribution in [3.63, 3.8) is 0 Å². The maximum Gasteiger partial charge on any atom is 0.230 e. The van der Waals surface area contributed by atoms with Crippen LogP contribution in [-0.4, -0.2) is 10.4 Å². The molecule has 2 heterocycles. The van der Waals surface area contributed by atoms with Crippen LogP contribution in [0.15, 0.2) is 34.7 Å². The van der Waals surface area contributed by atoms with E-state index in [2.05, 4.69) is 0 Å². The van der Waals surface area contributed by atoms with Gasteiger partial charge in [0.15, 0.2) is 5.76 Å². The molecule has 0 unspecified atom stereocenters. The summed E-state index contributed by atoms with van der Waals surface area (Å²) < 4.78 is 7.62. The Morgan fingerprint density at radius 1 is 1.20 bits per heavy atom. The second-order valence-corrected chi connectivity index (χ2v) is 5.40. The number of hydrogen-bond donors (Lipinski definition) is 0. The van der Waals surface area contributed by atoms with Crippen LogP contribution < -0.4 is 0 Å². The lowest BCUT2D eigenvalue weighted by molar-refractivity contribution is 0.101. The average molecular weight is 288 g/mol. The maximum atomic E-state index is 12.5. The van der Waals surface area contributed by atoms with Crippen molar-refractivity contribution in [1.29, 1.82) is 0 Å². The second-order valence-electron chi connectivity index (χ2n) is 4.97. The van der Waals surface area contributed by atoms with Gasteiger partial charge in [0.05, 0.1) is 0 Å². The Morgan fingerprint density at radius 2 is 1.95 bits per heavy atom. The molecule has 0 aliphatic heterocycles. The molecule has 0 bridgehead atoms. The predicted octanol–water partition coefficient (Wildman–Crippen LogP) is 4.27. The van der Waals surface area contributed by atoms with Gasteiger partial charge in [-0.15, -0.1) is 0 Å². The molecule has 3 nitrogen and oxygen atoms in total. The quantitative estimate of drug-likeness (QED) is 0.660. The number of carbonyl (C=O) groups excluding carboxylic acids is 1. The van der Waals surface area contributed by atoms with E-state index in [-0.39, 0.29) is 5.78 Å². The van der Waals surface area contributed by atoms with Gasteiger partial charge in [0.1, 0.15) is 5.58 Å². The van der Waals surface area contributed by atoms with Crippen LogP contribution in [0.4, 0.5) is 0 Å². The van der Waals surface area contributed by atoms with E-state index in [9.17, 15) is 4.79 Å². The molecule has 0 radical (unpaired) electrons. The molecule has 102 valence electrons. The van der Waals surface area contributed by atoms with Crippen molar-refractivity contribution in [2.45, 2.75) is 13.8 Å². The third-order valence-electron chi connectivity index (χ3n) is 3.72. The van der Waals surface area contributed by atoms with Gasteiger partial charge in [0.2, 0.25) is 5.78 Å². The molecule has 0 saturated carbocycles. The van der Waals surface area contributed by atoms with E-state index in [4.69, 9.17) is 16.0 Å². The number of fused-ring (bicyclic) bond motifs is 1. The lowest BCUT2D eigenvalue weighted by Gasteiger charge is -2.00. The van der Waals surface area contributed by atoms with Gasteiger partial charge in [-0.25, -0.2) is 0 Å². The highest BCUT2D eigenvalue weighted by atomic mass is 35.5. The standard InChI is InChI=1S/C16H14ClNO2/c1-9-6-13(10(2)18(9)3)16(19)15-8-11-7-12(17)4-5-14(11)20-15/h4-8H,1-3H3. The molecule has 0 saturated heterocycles. The van der Waals surface area contributed by atoms with Crippen molar-refractivity contribution >= 4 is 28.4 Å². The number of furan rings is 1. The van der Waals surface area contributed by atoms with Crippen LogP contribution in [0.3, 0.4) is 0 Å². The topological polar surface area (TPSA) is 35.1 Å². The molecule has 0 N–H and O–H groups in total. The van der Waals surface area contributed by atoms with Crippen LogP contribution in [-0.2, 0) is 7.05 Å². The lowest BCUT2D eigenvalue weighted by Crippen LogP contribution is -2.02. The Kier molecular flexibility index (Phi) is 2.94. The Morgan fingerprint density at radius 3 is 2.60 bits per heavy atom. The van der Waals surface area contributed by atoms with Crippen molar-refractivity contribution in [2.24, 2.45) is 7.05 Å². The molecule has 0 atom stereocenters. The fourth-order valence-corrected chi connectivity index (χ4v) is 2.52. The Hall–Kier alpha value is -2.00. The first-order chi connectivity index (χ1) is 9.47. The summed E-state index contributed by atoms with van der Waals surface area (Å²) in [7, 11) is 1.94. The van der Waals surface area contributed by atoms with Gasteiger partial charge in [-0.3, -0.25) is 4.79 Å². The Labute approximate surface area is 121 Å². The van der Waals surface area contributed by atoms with Crippen molar-refractivity contribution in [3.8, 4) is 0 Å². The van der Waals surface area contributed by atoms with Gasteiger partial charge in [-0.1, -0.05) is 11.6 Å². The minimum atomic E-state index is -0.0986. The number of halogens is 1. The molecule has 1 aromatic carbocycles. The van der Waals surface area contributed by atoms with Crippen molar-refractivity contribution in [1.82, 2.24) is 4.57 Å². The number of nitrogens with zero attached hydrogens (tertiary/aromatic N) is 1. The number of carbonyl (C=O) groups is 1. The van der Waals surface area contributed by atoms with Gasteiger partial charge in [-0.05, 0) is 44.2 Å². The third kappa shape index (κ3) is 1.95. The summed E-state index contributed by atoms with van der Waals surface area (Å²) >= 11 is 5.94. The fraction of sp³-hybridized carbons (Fsp3) is 0.188. The predicted molar refractivity (Wildman–Crippen MR) is 79.5 cm³/mol. The number of aryl methyl sites for hydroxylation is 1. The molecule has 2 aromatic heterocycles. The molecule has 0 aliphatic carbocycles. The van der Waals surface area contributed by atoms with Crippen LogP contribution in [0.25, 0.3) is 11.0 Å². The van der Waals surface area contributed by atoms with Gasteiger partial charge in [0.25, 0.3) is 0 Å². The van der Waals surface area contributed by atoms with E-state index in [0.29, 0.717) is 21.9 Å². The highest BCUT2D eigenvalue weighted by Crippen LogP contribution is 2.26. The summed E-state index contributed by atoms with van der Waals surface area (Å²) in [4.78, 5) is 12.5. The Bertz CT molecular complexity index is 826. The maximum absolute atomic E-state index is 12.5. The number of ketones is 1. The first kappa shape index (κ1) is 13.0. The lowest BCUT2D eigenvalue weighted by atomic mass is 10.1. The summed E-state index contributed by atoms with van der Waals surface area (Å²) in [5, 5.41) is 1.47. The average Bonchev–Trinajstić information content (AvgIpc) is 2.94. The molecule has 3 aromatic rings. The molecule has 4 heteroatoms. The molecule has 0 fully saturated rings. The minimum Gasteiger partial charge on any atom is -0.453 e. The minimum absolute atomic E-state index is 0.0986. The van der Waals surface area contributed by atoms with Crippen molar-refractivity contribution < 1.29 is 9.21 Å².